The molecule has 0 saturated carbocycles. The van der Waals surface area contributed by atoms with Crippen molar-refractivity contribution in [1.82, 2.24) is 25.9 Å². The second kappa shape index (κ2) is 17.2. The third kappa shape index (κ3) is 12.9. The highest BCUT2D eigenvalue weighted by molar-refractivity contribution is 5.94. The number of carboxylic acid groups (broad SMARTS) is 1. The number of hydrogen-bond donors (Lipinski definition) is 11. The van der Waals surface area contributed by atoms with Crippen LogP contribution in [0.4, 0.5) is 0 Å². The zero-order valence-corrected chi connectivity index (χ0v) is 22.2. The van der Waals surface area contributed by atoms with Gasteiger partial charge in [-0.15, -0.1) is 0 Å². The van der Waals surface area contributed by atoms with Crippen molar-refractivity contribution in [3.05, 3.63) is 18.2 Å². The summed E-state index contributed by atoms with van der Waals surface area (Å²) in [5.41, 5.74) is 27.5. The number of rotatable bonds is 18. The summed E-state index contributed by atoms with van der Waals surface area (Å²) in [6, 6.07) is -5.09. The number of imidazole rings is 1. The Hall–Kier alpha value is -4.45. The maximum Gasteiger partial charge on any atom is 0.326 e. The Kier molecular flexibility index (Phi) is 14.4. The number of aliphatic carboxylic acids is 1. The third-order valence-corrected chi connectivity index (χ3v) is 5.54. The second-order valence-corrected chi connectivity index (χ2v) is 8.97. The van der Waals surface area contributed by atoms with Gasteiger partial charge < -0.3 is 59.8 Å². The summed E-state index contributed by atoms with van der Waals surface area (Å²) in [7, 11) is 0. The number of aliphatic imine (C=N–C) groups is 2. The van der Waals surface area contributed by atoms with Crippen LogP contribution >= 0.6 is 0 Å². The zero-order chi connectivity index (χ0) is 30.2. The van der Waals surface area contributed by atoms with Gasteiger partial charge in [0.15, 0.2) is 11.9 Å². The lowest BCUT2D eigenvalue weighted by Gasteiger charge is -2.26. The first-order valence-electron chi connectivity index (χ1n) is 12.5. The van der Waals surface area contributed by atoms with Crippen LogP contribution in [0.3, 0.4) is 0 Å². The van der Waals surface area contributed by atoms with Crippen molar-refractivity contribution in [2.75, 3.05) is 13.1 Å². The summed E-state index contributed by atoms with van der Waals surface area (Å²) in [5.74, 6) is -3.99. The number of nitrogens with two attached hydrogens (primary N) is 5. The Morgan fingerprint density at radius 1 is 0.925 bits per heavy atom. The van der Waals surface area contributed by atoms with Gasteiger partial charge >= 0.3 is 5.97 Å². The maximum absolute atomic E-state index is 13.1. The SMILES string of the molecule is CC(O)C(NC(=O)C(N)CCCN=C(N)N)C(=O)NC(CCCN=C(N)N)C(=O)NC(Cc1cnc[nH]1)C(=O)O. The minimum Gasteiger partial charge on any atom is -0.480 e. The van der Waals surface area contributed by atoms with E-state index < -0.39 is 54.0 Å². The van der Waals surface area contributed by atoms with Gasteiger partial charge in [0.25, 0.3) is 0 Å². The van der Waals surface area contributed by atoms with Gasteiger partial charge in [-0.1, -0.05) is 0 Å². The molecule has 1 heterocycles. The number of aliphatic hydroxyl groups is 1. The molecule has 0 fully saturated rings. The lowest BCUT2D eigenvalue weighted by Crippen LogP contribution is -2.59. The topological polar surface area (TPSA) is 328 Å². The molecule has 0 aromatic carbocycles. The van der Waals surface area contributed by atoms with Crippen LogP contribution in [0.25, 0.3) is 0 Å². The van der Waals surface area contributed by atoms with E-state index in [0.29, 0.717) is 12.1 Å². The number of guanidine groups is 2. The first-order chi connectivity index (χ1) is 18.8. The van der Waals surface area contributed by atoms with Crippen LogP contribution < -0.4 is 44.6 Å². The summed E-state index contributed by atoms with van der Waals surface area (Å²) < 4.78 is 0. The molecular weight excluding hydrogens is 528 g/mol. The molecule has 16 N–H and O–H groups in total. The summed E-state index contributed by atoms with van der Waals surface area (Å²) in [6.07, 6.45) is 2.15. The molecule has 0 aliphatic heterocycles. The normalized spacial score (nSPS) is 14.5. The molecule has 1 aromatic heterocycles. The predicted octanol–water partition coefficient (Wildman–Crippen LogP) is -4.69. The first-order valence-corrected chi connectivity index (χ1v) is 12.5. The van der Waals surface area contributed by atoms with E-state index in [2.05, 4.69) is 35.9 Å². The average molecular weight is 569 g/mol. The molecule has 5 atom stereocenters. The zero-order valence-electron chi connectivity index (χ0n) is 22.2. The molecule has 1 aromatic rings. The largest absolute Gasteiger partial charge is 0.480 e. The van der Waals surface area contributed by atoms with Crippen molar-refractivity contribution in [2.24, 2.45) is 38.7 Å². The molecule has 18 heteroatoms. The average Bonchev–Trinajstić information content (AvgIpc) is 3.38. The predicted molar refractivity (Wildman–Crippen MR) is 145 cm³/mol. The molecule has 224 valence electrons. The maximum atomic E-state index is 13.1. The van der Waals surface area contributed by atoms with Crippen LogP contribution in [0.2, 0.25) is 0 Å². The minimum atomic E-state index is -1.47. The number of H-pyrrole nitrogens is 1. The molecule has 0 radical (unpaired) electrons. The molecule has 0 saturated heterocycles. The molecule has 18 nitrogen and oxygen atoms in total. The molecule has 0 aliphatic rings. The van der Waals surface area contributed by atoms with Crippen molar-refractivity contribution in [3.63, 3.8) is 0 Å². The van der Waals surface area contributed by atoms with Crippen LogP contribution in [0.5, 0.6) is 0 Å². The van der Waals surface area contributed by atoms with Crippen LogP contribution in [0.1, 0.15) is 38.3 Å². The number of amides is 3. The van der Waals surface area contributed by atoms with E-state index in [1.165, 1.54) is 19.4 Å². The number of nitrogens with zero attached hydrogens (tertiary/aromatic N) is 3. The van der Waals surface area contributed by atoms with Gasteiger partial charge in [-0.2, -0.15) is 0 Å². The Morgan fingerprint density at radius 3 is 2.00 bits per heavy atom. The van der Waals surface area contributed by atoms with E-state index in [9.17, 15) is 29.4 Å². The number of hydrogen-bond acceptors (Lipinski definition) is 9. The monoisotopic (exact) mass is 568 g/mol. The Labute approximate surface area is 230 Å². The fourth-order valence-electron chi connectivity index (χ4n) is 3.44. The van der Waals surface area contributed by atoms with Gasteiger partial charge in [0, 0.05) is 31.4 Å². The van der Waals surface area contributed by atoms with Crippen molar-refractivity contribution >= 4 is 35.6 Å². The second-order valence-electron chi connectivity index (χ2n) is 8.97. The van der Waals surface area contributed by atoms with Crippen LogP contribution in [-0.2, 0) is 25.6 Å². The molecular formula is C22H40N12O6. The lowest BCUT2D eigenvalue weighted by molar-refractivity contribution is -0.142. The number of carboxylic acids is 1. The number of carbonyl (C=O) groups is 4. The fraction of sp³-hybridized carbons (Fsp3) is 0.591. The summed E-state index contributed by atoms with van der Waals surface area (Å²) >= 11 is 0. The number of carbonyl (C=O) groups excluding carboxylic acids is 3. The van der Waals surface area contributed by atoms with Crippen molar-refractivity contribution in [3.8, 4) is 0 Å². The van der Waals surface area contributed by atoms with Crippen molar-refractivity contribution < 1.29 is 29.4 Å². The van der Waals surface area contributed by atoms with Crippen LogP contribution in [0.15, 0.2) is 22.5 Å². The van der Waals surface area contributed by atoms with E-state index in [-0.39, 0.29) is 50.7 Å². The van der Waals surface area contributed by atoms with E-state index in [1.54, 1.807) is 0 Å². The molecule has 1 rings (SSSR count). The van der Waals surface area contributed by atoms with E-state index in [0.717, 1.165) is 0 Å². The highest BCUT2D eigenvalue weighted by Crippen LogP contribution is 2.06. The van der Waals surface area contributed by atoms with E-state index in [4.69, 9.17) is 28.7 Å². The third-order valence-electron chi connectivity index (χ3n) is 5.54. The van der Waals surface area contributed by atoms with Gasteiger partial charge in [0.2, 0.25) is 17.7 Å². The minimum absolute atomic E-state index is 0.00946. The van der Waals surface area contributed by atoms with Gasteiger partial charge in [-0.05, 0) is 32.6 Å². The number of aromatic nitrogens is 2. The first kappa shape index (κ1) is 33.6. The molecule has 0 spiro atoms. The van der Waals surface area contributed by atoms with Gasteiger partial charge in [-0.25, -0.2) is 9.78 Å². The van der Waals surface area contributed by atoms with Gasteiger partial charge in [0.05, 0.1) is 18.5 Å². The lowest BCUT2D eigenvalue weighted by atomic mass is 10.1. The standard InChI is InChI=1S/C22H40N12O6/c1-11(35)16(34-17(36)13(23)4-2-6-29-21(24)25)19(38)32-14(5-3-7-30-22(26)27)18(37)33-15(20(39)40)8-12-9-28-10-31-12/h9-11,13-16,35H,2-8,23H2,1H3,(H,28,31)(H,32,38)(H,33,37)(H,34,36)(H,39,40)(H4,24,25,29)(H4,26,27,30). The number of aliphatic hydroxyl groups excluding tert-OH is 1. The summed E-state index contributed by atoms with van der Waals surface area (Å²) in [5, 5.41) is 27.0. The van der Waals surface area contributed by atoms with E-state index >= 15 is 0 Å². The quantitative estimate of drug-likeness (QED) is 0.0452. The van der Waals surface area contributed by atoms with Gasteiger partial charge in [-0.3, -0.25) is 24.4 Å². The highest BCUT2D eigenvalue weighted by atomic mass is 16.4. The number of nitrogens with one attached hydrogen (secondary N) is 4. The molecule has 3 amide bonds. The van der Waals surface area contributed by atoms with Crippen molar-refractivity contribution in [1.29, 1.82) is 0 Å². The Bertz CT molecular complexity index is 1020. The Balaban J connectivity index is 2.95. The molecule has 0 aliphatic carbocycles. The molecule has 40 heavy (non-hydrogen) atoms. The highest BCUT2D eigenvalue weighted by Gasteiger charge is 2.32. The van der Waals surface area contributed by atoms with E-state index in [1.807, 2.05) is 0 Å². The van der Waals surface area contributed by atoms with Crippen LogP contribution in [-0.4, -0.2) is 99.2 Å². The molecule has 5 unspecified atom stereocenters. The summed E-state index contributed by atoms with van der Waals surface area (Å²) in [4.78, 5) is 64.6. The van der Waals surface area contributed by atoms with Crippen molar-refractivity contribution in [2.45, 2.75) is 69.3 Å². The van der Waals surface area contributed by atoms with Gasteiger partial charge in [0.1, 0.15) is 18.1 Å². The fourth-order valence-corrected chi connectivity index (χ4v) is 3.44. The Morgan fingerprint density at radius 2 is 1.50 bits per heavy atom. The smallest absolute Gasteiger partial charge is 0.326 e. The summed E-state index contributed by atoms with van der Waals surface area (Å²) in [6.45, 7) is 1.65. The number of aromatic amines is 1. The molecule has 0 bridgehead atoms. The van der Waals surface area contributed by atoms with Crippen LogP contribution in [0, 0.1) is 0 Å².